The molecule has 0 unspecified atom stereocenters. The van der Waals surface area contributed by atoms with Gasteiger partial charge in [0.1, 0.15) is 10.7 Å². The van der Waals surface area contributed by atoms with Crippen LogP contribution in [0.25, 0.3) is 10.1 Å². The summed E-state index contributed by atoms with van der Waals surface area (Å²) in [5, 5.41) is 0.0627. The summed E-state index contributed by atoms with van der Waals surface area (Å²) in [6, 6.07) is 3.96. The molecule has 1 aromatic carbocycles. The van der Waals surface area contributed by atoms with Crippen molar-refractivity contribution in [3.8, 4) is 0 Å². The van der Waals surface area contributed by atoms with Crippen molar-refractivity contribution in [2.75, 3.05) is 19.8 Å². The predicted molar refractivity (Wildman–Crippen MR) is 92.4 cm³/mol. The van der Waals surface area contributed by atoms with Crippen molar-refractivity contribution in [2.24, 2.45) is 0 Å². The van der Waals surface area contributed by atoms with Gasteiger partial charge in [-0.05, 0) is 32.9 Å². The summed E-state index contributed by atoms with van der Waals surface area (Å²) in [7, 11) is -4.16. The molecule has 2 aromatic rings. The van der Waals surface area contributed by atoms with E-state index in [-0.39, 0.29) is 30.1 Å². The molecule has 0 aliphatic carbocycles. The largest absolute Gasteiger partial charge is 0.462 e. The van der Waals surface area contributed by atoms with E-state index in [1.165, 1.54) is 18.2 Å². The minimum Gasteiger partial charge on any atom is -0.462 e. The smallest absolute Gasteiger partial charge is 0.369 e. The number of carbonyl (C=O) groups is 1. The van der Waals surface area contributed by atoms with Gasteiger partial charge >= 0.3 is 13.6 Å². The van der Waals surface area contributed by atoms with Gasteiger partial charge in [0.2, 0.25) is 5.91 Å². The summed E-state index contributed by atoms with van der Waals surface area (Å²) in [5.74, 6) is -3.73. The zero-order valence-electron chi connectivity index (χ0n) is 14.1. The number of alkyl halides is 1. The molecule has 2 rings (SSSR count). The Kier molecular flexibility index (Phi) is 6.68. The summed E-state index contributed by atoms with van der Waals surface area (Å²) in [4.78, 5) is 12.0. The van der Waals surface area contributed by atoms with E-state index < -0.39 is 30.9 Å². The van der Waals surface area contributed by atoms with Gasteiger partial charge in [0, 0.05) is 15.6 Å². The average molecular weight is 392 g/mol. The highest BCUT2D eigenvalue weighted by Gasteiger charge is 2.39. The zero-order chi connectivity index (χ0) is 18.6. The first-order valence-electron chi connectivity index (χ1n) is 7.79. The maximum atomic E-state index is 14.8. The van der Waals surface area contributed by atoms with Gasteiger partial charge in [-0.25, -0.2) is 13.6 Å². The van der Waals surface area contributed by atoms with Crippen LogP contribution in [0.1, 0.15) is 41.9 Å². The van der Waals surface area contributed by atoms with E-state index in [9.17, 15) is 18.1 Å². The third-order valence-corrected chi connectivity index (χ3v) is 6.44. The van der Waals surface area contributed by atoms with E-state index in [1.54, 1.807) is 20.8 Å². The molecule has 1 heterocycles. The minimum absolute atomic E-state index is 0.0347. The van der Waals surface area contributed by atoms with Crippen molar-refractivity contribution >= 4 is 35.0 Å². The summed E-state index contributed by atoms with van der Waals surface area (Å²) in [6.45, 7) is 4.88. The summed E-state index contributed by atoms with van der Waals surface area (Å²) < 4.78 is 57.3. The van der Waals surface area contributed by atoms with Gasteiger partial charge in [0.25, 0.3) is 0 Å². The predicted octanol–water partition coefficient (Wildman–Crippen LogP) is 5.45. The van der Waals surface area contributed by atoms with Crippen LogP contribution in [0, 0.1) is 5.82 Å². The van der Waals surface area contributed by atoms with Crippen molar-refractivity contribution in [3.63, 3.8) is 0 Å². The molecule has 25 heavy (non-hydrogen) atoms. The Labute approximate surface area is 148 Å². The lowest BCUT2D eigenvalue weighted by atomic mass is 10.1. The van der Waals surface area contributed by atoms with Crippen molar-refractivity contribution in [3.05, 3.63) is 34.5 Å². The summed E-state index contributed by atoms with van der Waals surface area (Å²) in [6.07, 6.45) is 0. The molecule has 1 aromatic heterocycles. The number of rotatable bonds is 8. The molecule has 0 N–H and O–H groups in total. The molecule has 0 amide bonds. The van der Waals surface area contributed by atoms with Crippen LogP contribution in [0.15, 0.2) is 18.2 Å². The Bertz CT molecular complexity index is 797. The summed E-state index contributed by atoms with van der Waals surface area (Å²) in [5.41, 5.74) is -0.425. The number of carbonyl (C=O) groups excluding carboxylic acids is 1. The van der Waals surface area contributed by atoms with Gasteiger partial charge in [-0.3, -0.25) is 4.57 Å². The monoisotopic (exact) mass is 392 g/mol. The van der Waals surface area contributed by atoms with Crippen molar-refractivity contribution in [1.82, 2.24) is 0 Å². The van der Waals surface area contributed by atoms with Crippen LogP contribution in [0.4, 0.5) is 8.78 Å². The molecule has 0 spiro atoms. The highest BCUT2D eigenvalue weighted by molar-refractivity contribution is 7.54. The molecule has 0 saturated heterocycles. The Morgan fingerprint density at radius 2 is 1.84 bits per heavy atom. The maximum Gasteiger partial charge on any atom is 0.369 e. The third-order valence-electron chi connectivity index (χ3n) is 3.29. The van der Waals surface area contributed by atoms with Crippen LogP contribution in [0.3, 0.4) is 0 Å². The lowest BCUT2D eigenvalue weighted by Gasteiger charge is -2.21. The van der Waals surface area contributed by atoms with Gasteiger partial charge in [-0.1, -0.05) is 6.07 Å². The van der Waals surface area contributed by atoms with Crippen LogP contribution in [0.2, 0.25) is 0 Å². The first-order chi connectivity index (χ1) is 11.9. The molecule has 5 nitrogen and oxygen atoms in total. The van der Waals surface area contributed by atoms with Crippen LogP contribution in [-0.4, -0.2) is 25.8 Å². The number of hydrogen-bond donors (Lipinski definition) is 0. The van der Waals surface area contributed by atoms with Gasteiger partial charge in [0.05, 0.1) is 19.8 Å². The van der Waals surface area contributed by atoms with Crippen LogP contribution in [-0.2, 0) is 18.3 Å². The number of halogens is 2. The Hall–Kier alpha value is -1.34. The van der Waals surface area contributed by atoms with Crippen molar-refractivity contribution in [1.29, 1.82) is 0 Å². The van der Waals surface area contributed by atoms with Gasteiger partial charge in [-0.2, -0.15) is 0 Å². The van der Waals surface area contributed by atoms with E-state index >= 15 is 0 Å². The second-order valence-corrected chi connectivity index (χ2v) is 8.06. The number of benzene rings is 1. The Morgan fingerprint density at radius 1 is 1.20 bits per heavy atom. The Balaban J connectivity index is 2.46. The third kappa shape index (κ3) is 4.08. The van der Waals surface area contributed by atoms with Crippen LogP contribution in [0.5, 0.6) is 0 Å². The Morgan fingerprint density at radius 3 is 2.40 bits per heavy atom. The molecule has 0 fully saturated rings. The minimum atomic E-state index is -4.16. The number of ether oxygens (including phenoxy) is 1. The van der Waals surface area contributed by atoms with Gasteiger partial charge < -0.3 is 13.8 Å². The number of esters is 1. The molecular weight excluding hydrogens is 373 g/mol. The number of fused-ring (bicyclic) bond motifs is 1. The van der Waals surface area contributed by atoms with E-state index in [4.69, 9.17) is 13.8 Å². The van der Waals surface area contributed by atoms with E-state index in [1.807, 2.05) is 0 Å². The molecule has 0 aliphatic rings. The van der Waals surface area contributed by atoms with Crippen LogP contribution >= 0.6 is 18.9 Å². The second-order valence-electron chi connectivity index (χ2n) is 4.92. The molecule has 0 saturated carbocycles. The van der Waals surface area contributed by atoms with Crippen LogP contribution < -0.4 is 0 Å². The highest BCUT2D eigenvalue weighted by Crippen LogP contribution is 2.62. The fourth-order valence-corrected chi connectivity index (χ4v) is 4.83. The zero-order valence-corrected chi connectivity index (χ0v) is 15.8. The average Bonchev–Trinajstić information content (AvgIpc) is 3.00. The second kappa shape index (κ2) is 8.36. The molecule has 138 valence electrons. The molecule has 0 bridgehead atoms. The lowest BCUT2D eigenvalue weighted by Crippen LogP contribution is -2.04. The lowest BCUT2D eigenvalue weighted by molar-refractivity contribution is 0.0532. The number of thiophene rings is 1. The first-order valence-corrected chi connectivity index (χ1v) is 10.2. The number of hydrogen-bond acceptors (Lipinski definition) is 6. The maximum absolute atomic E-state index is 14.8. The van der Waals surface area contributed by atoms with E-state index in [0.29, 0.717) is 4.70 Å². The fourth-order valence-electron chi connectivity index (χ4n) is 2.28. The molecular formula is C16H19F2O5PS. The van der Waals surface area contributed by atoms with E-state index in [2.05, 4.69) is 0 Å². The topological polar surface area (TPSA) is 61.8 Å². The normalized spacial score (nSPS) is 13.2. The first kappa shape index (κ1) is 20.0. The molecule has 1 atom stereocenters. The highest BCUT2D eigenvalue weighted by atomic mass is 32.1. The van der Waals surface area contributed by atoms with Crippen molar-refractivity contribution in [2.45, 2.75) is 26.7 Å². The fraction of sp³-hybridized carbons (Fsp3) is 0.438. The van der Waals surface area contributed by atoms with E-state index in [0.717, 1.165) is 11.3 Å². The van der Waals surface area contributed by atoms with Crippen molar-refractivity contribution < 1.29 is 31.9 Å². The standard InChI is InChI=1S/C16H19F2O5PS/c1-4-21-16(19)13-9-11-12(25-13)8-7-10(14(11)17)15(18)24(20,22-5-2)23-6-3/h7-9,15H,4-6H2,1-3H3/t15-/m1/s1. The summed E-state index contributed by atoms with van der Waals surface area (Å²) >= 11 is 1.04. The molecule has 0 radical (unpaired) electrons. The van der Waals surface area contributed by atoms with Gasteiger partial charge in [-0.15, -0.1) is 11.3 Å². The SMILES string of the molecule is CCOC(=O)c1cc2c(F)c([C@H](F)P(=O)(OCC)OCC)ccc2s1. The van der Waals surface area contributed by atoms with Gasteiger partial charge in [0.15, 0.2) is 0 Å². The molecule has 0 aliphatic heterocycles. The quantitative estimate of drug-likeness (QED) is 0.441. The molecule has 9 heteroatoms.